The van der Waals surface area contributed by atoms with Gasteiger partial charge in [0.2, 0.25) is 5.95 Å². The lowest BCUT2D eigenvalue weighted by Crippen LogP contribution is -1.96. The van der Waals surface area contributed by atoms with Gasteiger partial charge in [0.1, 0.15) is 17.4 Å². The lowest BCUT2D eigenvalue weighted by atomic mass is 10.2. The summed E-state index contributed by atoms with van der Waals surface area (Å²) in [4.78, 5) is 3.40. The maximum absolute atomic E-state index is 13.3. The van der Waals surface area contributed by atoms with Gasteiger partial charge in [0.15, 0.2) is 0 Å². The van der Waals surface area contributed by atoms with E-state index in [1.54, 1.807) is 12.1 Å². The van der Waals surface area contributed by atoms with E-state index in [1.807, 2.05) is 0 Å². The molecule has 0 aliphatic rings. The normalized spacial score (nSPS) is 9.71. The zero-order valence-electron chi connectivity index (χ0n) is 8.61. The number of rotatable bonds is 2. The zero-order valence-corrected chi connectivity index (χ0v) is 8.61. The van der Waals surface area contributed by atoms with Crippen molar-refractivity contribution in [3.8, 4) is 6.07 Å². The summed E-state index contributed by atoms with van der Waals surface area (Å²) in [6.07, 6.45) is 1.28. The van der Waals surface area contributed by atoms with Gasteiger partial charge in [0.25, 0.3) is 0 Å². The summed E-state index contributed by atoms with van der Waals surface area (Å²) in [5, 5.41) is 11.6. The molecule has 5 heteroatoms. The summed E-state index contributed by atoms with van der Waals surface area (Å²) in [7, 11) is 0. The molecule has 0 fully saturated rings. The molecular formula is C12H7F2N3. The number of aromatic nitrogens is 1. The second-order valence-electron chi connectivity index (χ2n) is 3.27. The van der Waals surface area contributed by atoms with Gasteiger partial charge >= 0.3 is 0 Å². The number of pyridine rings is 1. The third-order valence-electron chi connectivity index (χ3n) is 2.13. The number of hydrogen-bond acceptors (Lipinski definition) is 3. The Morgan fingerprint density at radius 1 is 1.24 bits per heavy atom. The quantitative estimate of drug-likeness (QED) is 0.808. The van der Waals surface area contributed by atoms with Crippen LogP contribution in [0.2, 0.25) is 0 Å². The lowest BCUT2D eigenvalue weighted by Gasteiger charge is -2.08. The third kappa shape index (κ3) is 2.37. The Bertz CT molecular complexity index is 591. The predicted octanol–water partition coefficient (Wildman–Crippen LogP) is 2.98. The topological polar surface area (TPSA) is 48.7 Å². The second kappa shape index (κ2) is 4.58. The first-order valence-electron chi connectivity index (χ1n) is 4.78. The number of halogens is 2. The van der Waals surface area contributed by atoms with E-state index >= 15 is 0 Å². The molecule has 1 heterocycles. The first-order chi connectivity index (χ1) is 8.20. The molecule has 0 bridgehead atoms. The third-order valence-corrected chi connectivity index (χ3v) is 2.13. The minimum absolute atomic E-state index is 0.107. The zero-order chi connectivity index (χ0) is 12.3. The number of hydrogen-bond donors (Lipinski definition) is 1. The van der Waals surface area contributed by atoms with Gasteiger partial charge in [-0.1, -0.05) is 6.07 Å². The van der Waals surface area contributed by atoms with E-state index in [-0.39, 0.29) is 11.3 Å². The highest BCUT2D eigenvalue weighted by Gasteiger charge is 2.07. The Morgan fingerprint density at radius 3 is 2.76 bits per heavy atom. The molecular weight excluding hydrogens is 224 g/mol. The van der Waals surface area contributed by atoms with Crippen LogP contribution in [-0.4, -0.2) is 4.98 Å². The van der Waals surface area contributed by atoms with E-state index in [4.69, 9.17) is 5.26 Å². The van der Waals surface area contributed by atoms with Crippen molar-refractivity contribution in [1.29, 1.82) is 5.26 Å². The fraction of sp³-hybridized carbons (Fsp3) is 0. The minimum Gasteiger partial charge on any atom is -0.354 e. The molecule has 1 aromatic heterocycles. The van der Waals surface area contributed by atoms with Crippen molar-refractivity contribution in [2.75, 3.05) is 5.32 Å². The van der Waals surface area contributed by atoms with Crippen LogP contribution in [0.25, 0.3) is 0 Å². The number of nitriles is 1. The first kappa shape index (κ1) is 11.0. The monoisotopic (exact) mass is 231 g/mol. The molecule has 0 aliphatic heterocycles. The lowest BCUT2D eigenvalue weighted by molar-refractivity contribution is 0.584. The van der Waals surface area contributed by atoms with Crippen LogP contribution in [0.1, 0.15) is 5.56 Å². The van der Waals surface area contributed by atoms with Crippen LogP contribution >= 0.6 is 0 Å². The van der Waals surface area contributed by atoms with Crippen molar-refractivity contribution in [2.24, 2.45) is 0 Å². The maximum atomic E-state index is 13.3. The van der Waals surface area contributed by atoms with Crippen LogP contribution in [-0.2, 0) is 0 Å². The average molecular weight is 231 g/mol. The van der Waals surface area contributed by atoms with E-state index in [1.165, 1.54) is 24.4 Å². The summed E-state index contributed by atoms with van der Waals surface area (Å²) >= 11 is 0. The largest absolute Gasteiger partial charge is 0.354 e. The Kier molecular flexibility index (Phi) is 2.97. The van der Waals surface area contributed by atoms with Crippen LogP contribution in [0.4, 0.5) is 20.2 Å². The van der Waals surface area contributed by atoms with Crippen molar-refractivity contribution >= 4 is 11.4 Å². The second-order valence-corrected chi connectivity index (χ2v) is 3.27. The molecule has 1 N–H and O–H groups in total. The SMILES string of the molecule is N#Cc1c(F)cccc1Nc1ccnc(F)c1. The van der Waals surface area contributed by atoms with E-state index in [2.05, 4.69) is 10.3 Å². The molecule has 0 saturated carbocycles. The van der Waals surface area contributed by atoms with Gasteiger partial charge in [-0.3, -0.25) is 0 Å². The van der Waals surface area contributed by atoms with Gasteiger partial charge in [-0.25, -0.2) is 9.37 Å². The minimum atomic E-state index is -0.648. The molecule has 1 aromatic carbocycles. The number of benzene rings is 1. The van der Waals surface area contributed by atoms with Crippen LogP contribution in [0.15, 0.2) is 36.5 Å². The molecule has 0 amide bonds. The number of nitrogens with one attached hydrogen (secondary N) is 1. The highest BCUT2D eigenvalue weighted by molar-refractivity contribution is 5.66. The molecule has 2 aromatic rings. The summed E-state index contributed by atoms with van der Waals surface area (Å²) in [5.41, 5.74) is 0.586. The van der Waals surface area contributed by atoms with Crippen LogP contribution < -0.4 is 5.32 Å². The molecule has 0 unspecified atom stereocenters. The predicted molar refractivity (Wildman–Crippen MR) is 58.6 cm³/mol. The van der Waals surface area contributed by atoms with Crippen molar-refractivity contribution in [3.63, 3.8) is 0 Å². The molecule has 0 aliphatic carbocycles. The molecule has 17 heavy (non-hydrogen) atoms. The molecule has 0 radical (unpaired) electrons. The van der Waals surface area contributed by atoms with Gasteiger partial charge in [0, 0.05) is 18.0 Å². The Balaban J connectivity index is 2.37. The Labute approximate surface area is 96.3 Å². The number of anilines is 2. The van der Waals surface area contributed by atoms with Gasteiger partial charge < -0.3 is 5.32 Å². The Morgan fingerprint density at radius 2 is 2.06 bits per heavy atom. The van der Waals surface area contributed by atoms with E-state index in [9.17, 15) is 8.78 Å². The van der Waals surface area contributed by atoms with Gasteiger partial charge in [-0.15, -0.1) is 0 Å². The molecule has 84 valence electrons. The highest BCUT2D eigenvalue weighted by Crippen LogP contribution is 2.22. The van der Waals surface area contributed by atoms with Crippen molar-refractivity contribution in [1.82, 2.24) is 4.98 Å². The van der Waals surface area contributed by atoms with Crippen LogP contribution in [0.5, 0.6) is 0 Å². The molecule has 0 saturated heterocycles. The van der Waals surface area contributed by atoms with Gasteiger partial charge in [0.05, 0.1) is 5.69 Å². The average Bonchev–Trinajstić information content (AvgIpc) is 2.29. The van der Waals surface area contributed by atoms with Crippen LogP contribution in [0, 0.1) is 23.1 Å². The van der Waals surface area contributed by atoms with E-state index in [0.717, 1.165) is 6.07 Å². The number of nitrogens with zero attached hydrogens (tertiary/aromatic N) is 2. The summed E-state index contributed by atoms with van der Waals surface area (Å²) < 4.78 is 26.1. The highest BCUT2D eigenvalue weighted by atomic mass is 19.1. The van der Waals surface area contributed by atoms with E-state index in [0.29, 0.717) is 5.69 Å². The van der Waals surface area contributed by atoms with Gasteiger partial charge in [-0.2, -0.15) is 9.65 Å². The summed E-state index contributed by atoms with van der Waals surface area (Å²) in [6, 6.07) is 8.63. The molecule has 0 atom stereocenters. The molecule has 2 rings (SSSR count). The maximum Gasteiger partial charge on any atom is 0.214 e. The smallest absolute Gasteiger partial charge is 0.214 e. The van der Waals surface area contributed by atoms with Crippen LogP contribution in [0.3, 0.4) is 0 Å². The Hall–Kier alpha value is -2.48. The molecule has 3 nitrogen and oxygen atoms in total. The van der Waals surface area contributed by atoms with Crippen molar-refractivity contribution in [2.45, 2.75) is 0 Å². The fourth-order valence-corrected chi connectivity index (χ4v) is 1.38. The summed E-state index contributed by atoms with van der Waals surface area (Å²) in [6.45, 7) is 0. The molecule has 0 spiro atoms. The van der Waals surface area contributed by atoms with Crippen molar-refractivity contribution in [3.05, 3.63) is 53.9 Å². The summed E-state index contributed by atoms with van der Waals surface area (Å²) in [5.74, 6) is -1.27. The standard InChI is InChI=1S/C12H7F2N3/c13-10-2-1-3-11(9(10)7-15)17-8-4-5-16-12(14)6-8/h1-6H,(H,16,17). The van der Waals surface area contributed by atoms with E-state index < -0.39 is 11.8 Å². The first-order valence-corrected chi connectivity index (χ1v) is 4.78. The van der Waals surface area contributed by atoms with Crippen molar-refractivity contribution < 1.29 is 8.78 Å². The van der Waals surface area contributed by atoms with Gasteiger partial charge in [-0.05, 0) is 18.2 Å². The fourth-order valence-electron chi connectivity index (χ4n) is 1.38.